The minimum absolute atomic E-state index is 0.0903. The molecule has 0 aliphatic carbocycles. The van der Waals surface area contributed by atoms with Crippen LogP contribution in [0, 0.1) is 11.8 Å². The highest BCUT2D eigenvalue weighted by atomic mass is 16.5. The summed E-state index contributed by atoms with van der Waals surface area (Å²) in [6, 6.07) is 0. The van der Waals surface area contributed by atoms with Crippen LogP contribution in [0.5, 0.6) is 0 Å². The Labute approximate surface area is 151 Å². The predicted molar refractivity (Wildman–Crippen MR) is 91.1 cm³/mol. The van der Waals surface area contributed by atoms with Gasteiger partial charge >= 0.3 is 17.9 Å². The summed E-state index contributed by atoms with van der Waals surface area (Å²) in [5.74, 6) is -5.35. The molecule has 144 valence electrons. The number of carbonyl (C=O) groups is 4. The van der Waals surface area contributed by atoms with Crippen LogP contribution in [0.2, 0.25) is 0 Å². The summed E-state index contributed by atoms with van der Waals surface area (Å²) in [6.45, 7) is 4.88. The SMILES string of the molecule is CCCNC(=O)COC(=O)[C@@H]1C(C(=O)OC)=C(C)N=C(C)C1C(=O)OC. The molecular formula is C17H24N2O7. The van der Waals surface area contributed by atoms with E-state index >= 15 is 0 Å². The van der Waals surface area contributed by atoms with E-state index in [2.05, 4.69) is 10.3 Å². The van der Waals surface area contributed by atoms with Crippen LogP contribution in [0.4, 0.5) is 0 Å². The second-order valence-electron chi connectivity index (χ2n) is 5.68. The summed E-state index contributed by atoms with van der Waals surface area (Å²) in [6.07, 6.45) is 0.733. The van der Waals surface area contributed by atoms with Crippen molar-refractivity contribution in [2.75, 3.05) is 27.4 Å². The third kappa shape index (κ3) is 4.90. The number of esters is 3. The number of hydrogen-bond donors (Lipinski definition) is 1. The molecule has 1 heterocycles. The largest absolute Gasteiger partial charge is 0.468 e. The Bertz CT molecular complexity index is 651. The Morgan fingerprint density at radius 1 is 1.04 bits per heavy atom. The smallest absolute Gasteiger partial charge is 0.336 e. The standard InChI is InChI=1S/C17H24N2O7/c1-6-7-18-11(20)8-26-17(23)14-12(15(21)24-4)9(2)19-10(3)13(14)16(22)25-5/h12,14H,6-8H2,1-5H3,(H,18,20)/t12?,14-/m0/s1. The van der Waals surface area contributed by atoms with Gasteiger partial charge in [0.25, 0.3) is 5.91 Å². The summed E-state index contributed by atoms with van der Waals surface area (Å²) < 4.78 is 14.5. The summed E-state index contributed by atoms with van der Waals surface area (Å²) >= 11 is 0. The third-order valence-electron chi connectivity index (χ3n) is 3.86. The summed E-state index contributed by atoms with van der Waals surface area (Å²) in [5, 5.41) is 2.56. The number of nitrogens with one attached hydrogen (secondary N) is 1. The second kappa shape index (κ2) is 9.69. The highest BCUT2D eigenvalue weighted by Crippen LogP contribution is 2.33. The van der Waals surface area contributed by atoms with Crippen molar-refractivity contribution >= 4 is 29.5 Å². The molecule has 1 rings (SSSR count). The Morgan fingerprint density at radius 2 is 1.69 bits per heavy atom. The van der Waals surface area contributed by atoms with Crippen LogP contribution in [-0.2, 0) is 33.4 Å². The quantitative estimate of drug-likeness (QED) is 0.509. The molecule has 0 aromatic carbocycles. The minimum atomic E-state index is -1.30. The first kappa shape index (κ1) is 21.3. The Balaban J connectivity index is 3.14. The zero-order chi connectivity index (χ0) is 19.9. The molecule has 0 spiro atoms. The van der Waals surface area contributed by atoms with Gasteiger partial charge < -0.3 is 19.5 Å². The lowest BCUT2D eigenvalue weighted by Gasteiger charge is -2.29. The molecule has 9 heteroatoms. The zero-order valence-corrected chi connectivity index (χ0v) is 15.6. The van der Waals surface area contributed by atoms with E-state index in [4.69, 9.17) is 14.2 Å². The van der Waals surface area contributed by atoms with Gasteiger partial charge in [0.05, 0.1) is 19.8 Å². The average Bonchev–Trinajstić information content (AvgIpc) is 2.62. The van der Waals surface area contributed by atoms with Gasteiger partial charge in [0.2, 0.25) is 0 Å². The van der Waals surface area contributed by atoms with E-state index in [0.717, 1.165) is 13.5 Å². The van der Waals surface area contributed by atoms with Crippen molar-refractivity contribution in [1.29, 1.82) is 0 Å². The summed E-state index contributed by atoms with van der Waals surface area (Å²) in [7, 11) is 2.32. The van der Waals surface area contributed by atoms with E-state index in [-0.39, 0.29) is 11.3 Å². The summed E-state index contributed by atoms with van der Waals surface area (Å²) in [4.78, 5) is 52.8. The molecule has 0 fully saturated rings. The van der Waals surface area contributed by atoms with Crippen LogP contribution < -0.4 is 5.32 Å². The molecule has 0 saturated carbocycles. The molecule has 9 nitrogen and oxygen atoms in total. The number of nitrogens with zero attached hydrogens (tertiary/aromatic N) is 1. The molecule has 0 aromatic heterocycles. The monoisotopic (exact) mass is 368 g/mol. The highest BCUT2D eigenvalue weighted by molar-refractivity contribution is 6.10. The van der Waals surface area contributed by atoms with E-state index in [1.54, 1.807) is 6.92 Å². The Hall–Kier alpha value is -2.71. The lowest BCUT2D eigenvalue weighted by atomic mass is 9.80. The fraction of sp³-hybridized carbons (Fsp3) is 0.588. The van der Waals surface area contributed by atoms with E-state index < -0.39 is 42.3 Å². The molecule has 0 radical (unpaired) electrons. The molecule has 1 amide bonds. The van der Waals surface area contributed by atoms with Gasteiger partial charge in [-0.25, -0.2) is 4.79 Å². The van der Waals surface area contributed by atoms with Gasteiger partial charge in [0.1, 0.15) is 11.8 Å². The molecule has 0 bridgehead atoms. The van der Waals surface area contributed by atoms with Crippen LogP contribution >= 0.6 is 0 Å². The van der Waals surface area contributed by atoms with Gasteiger partial charge in [-0.2, -0.15) is 0 Å². The van der Waals surface area contributed by atoms with Crippen molar-refractivity contribution < 1.29 is 33.4 Å². The van der Waals surface area contributed by atoms with Crippen LogP contribution in [0.25, 0.3) is 0 Å². The molecule has 26 heavy (non-hydrogen) atoms. The molecular weight excluding hydrogens is 344 g/mol. The number of rotatable bonds is 7. The van der Waals surface area contributed by atoms with Crippen LogP contribution in [0.15, 0.2) is 16.3 Å². The number of aliphatic imine (C=N–C) groups is 1. The molecule has 0 saturated heterocycles. The lowest BCUT2D eigenvalue weighted by Crippen LogP contribution is -2.43. The lowest BCUT2D eigenvalue weighted by molar-refractivity contribution is -0.158. The number of allylic oxidation sites excluding steroid dienone is 1. The topological polar surface area (TPSA) is 120 Å². The fourth-order valence-electron chi connectivity index (χ4n) is 2.64. The maximum atomic E-state index is 12.6. The minimum Gasteiger partial charge on any atom is -0.468 e. The van der Waals surface area contributed by atoms with E-state index in [1.807, 2.05) is 6.92 Å². The second-order valence-corrected chi connectivity index (χ2v) is 5.68. The summed E-state index contributed by atoms with van der Waals surface area (Å²) in [5.41, 5.74) is 0.457. The van der Waals surface area contributed by atoms with Crippen LogP contribution in [0.1, 0.15) is 27.2 Å². The molecule has 1 unspecified atom stereocenters. The number of carbonyl (C=O) groups excluding carboxylic acids is 4. The van der Waals surface area contributed by atoms with E-state index in [1.165, 1.54) is 14.0 Å². The van der Waals surface area contributed by atoms with Gasteiger partial charge in [-0.1, -0.05) is 6.92 Å². The van der Waals surface area contributed by atoms with Crippen molar-refractivity contribution in [2.24, 2.45) is 16.8 Å². The van der Waals surface area contributed by atoms with Gasteiger partial charge in [-0.3, -0.25) is 19.4 Å². The molecule has 0 aromatic rings. The predicted octanol–water partition coefficient (Wildman–Crippen LogP) is 0.383. The fourth-order valence-corrected chi connectivity index (χ4v) is 2.64. The number of hydrogen-bond acceptors (Lipinski definition) is 8. The Morgan fingerprint density at radius 3 is 2.23 bits per heavy atom. The van der Waals surface area contributed by atoms with Gasteiger partial charge in [-0.05, 0) is 20.3 Å². The van der Waals surface area contributed by atoms with Crippen molar-refractivity contribution in [3.05, 3.63) is 11.3 Å². The first-order valence-corrected chi connectivity index (χ1v) is 8.13. The zero-order valence-electron chi connectivity index (χ0n) is 15.6. The molecule has 1 aliphatic rings. The number of amides is 1. The van der Waals surface area contributed by atoms with E-state index in [0.29, 0.717) is 12.3 Å². The van der Waals surface area contributed by atoms with Crippen molar-refractivity contribution in [2.45, 2.75) is 27.2 Å². The van der Waals surface area contributed by atoms with Crippen molar-refractivity contribution in [1.82, 2.24) is 5.32 Å². The molecule has 2 atom stereocenters. The van der Waals surface area contributed by atoms with Gasteiger partial charge in [-0.15, -0.1) is 0 Å². The maximum Gasteiger partial charge on any atom is 0.336 e. The first-order valence-electron chi connectivity index (χ1n) is 8.13. The third-order valence-corrected chi connectivity index (χ3v) is 3.86. The van der Waals surface area contributed by atoms with E-state index in [9.17, 15) is 19.2 Å². The number of ether oxygens (including phenoxy) is 3. The van der Waals surface area contributed by atoms with Crippen molar-refractivity contribution in [3.63, 3.8) is 0 Å². The first-order chi connectivity index (χ1) is 12.3. The van der Waals surface area contributed by atoms with Gasteiger partial charge in [0.15, 0.2) is 6.61 Å². The van der Waals surface area contributed by atoms with Crippen LogP contribution in [-0.4, -0.2) is 56.9 Å². The maximum absolute atomic E-state index is 12.6. The van der Waals surface area contributed by atoms with Crippen LogP contribution in [0.3, 0.4) is 0 Å². The van der Waals surface area contributed by atoms with Crippen molar-refractivity contribution in [3.8, 4) is 0 Å². The average molecular weight is 368 g/mol. The van der Waals surface area contributed by atoms with Gasteiger partial charge in [0, 0.05) is 18.0 Å². The normalized spacial score (nSPS) is 19.3. The Kier molecular flexibility index (Phi) is 7.95. The molecule has 1 aliphatic heterocycles. The molecule has 1 N–H and O–H groups in total. The number of methoxy groups -OCH3 is 2. The highest BCUT2D eigenvalue weighted by Gasteiger charge is 2.46.